The number of alkyl halides is 1. The maximum absolute atomic E-state index is 5.61. The average Bonchev–Trinajstić information content (AvgIpc) is 2.42. The molecule has 0 aliphatic carbocycles. The molecule has 0 saturated carbocycles. The van der Waals surface area contributed by atoms with Gasteiger partial charge in [-0.05, 0) is 35.1 Å². The van der Waals surface area contributed by atoms with E-state index in [0.29, 0.717) is 10.7 Å². The molecule has 0 N–H and O–H groups in total. The van der Waals surface area contributed by atoms with Gasteiger partial charge in [0.2, 0.25) is 0 Å². The fraction of sp³-hybridized carbons (Fsp3) is 0.375. The van der Waals surface area contributed by atoms with Gasteiger partial charge in [-0.1, -0.05) is 58.4 Å². The first kappa shape index (κ1) is 12.2. The van der Waals surface area contributed by atoms with E-state index < -0.39 is 0 Å². The summed E-state index contributed by atoms with van der Waals surface area (Å²) in [7, 11) is 0. The molecule has 0 spiro atoms. The zero-order chi connectivity index (χ0) is 12.4. The monoisotopic (exact) mass is 304 g/mol. The van der Waals surface area contributed by atoms with Crippen LogP contribution in [0.25, 0.3) is 10.8 Å². The molecule has 0 radical (unpaired) electrons. The fourth-order valence-electron chi connectivity index (χ4n) is 2.71. The van der Waals surface area contributed by atoms with E-state index in [2.05, 4.69) is 58.4 Å². The van der Waals surface area contributed by atoms with Crippen molar-refractivity contribution in [1.29, 1.82) is 0 Å². The molecule has 3 rings (SSSR count). The third-order valence-electron chi connectivity index (χ3n) is 3.74. The van der Waals surface area contributed by atoms with Gasteiger partial charge in [0.15, 0.2) is 0 Å². The quantitative estimate of drug-likeness (QED) is 0.756. The minimum absolute atomic E-state index is 0.588. The van der Waals surface area contributed by atoms with Crippen molar-refractivity contribution < 1.29 is 4.74 Å². The van der Waals surface area contributed by atoms with Crippen molar-refractivity contribution in [3.05, 3.63) is 48.0 Å². The third-order valence-corrected chi connectivity index (χ3v) is 4.95. The molecule has 2 aromatic rings. The van der Waals surface area contributed by atoms with Crippen molar-refractivity contribution in [1.82, 2.24) is 0 Å². The maximum Gasteiger partial charge on any atom is 0.0508 e. The Bertz CT molecular complexity index is 532. The van der Waals surface area contributed by atoms with Crippen LogP contribution >= 0.6 is 15.9 Å². The van der Waals surface area contributed by atoms with E-state index in [0.717, 1.165) is 26.1 Å². The SMILES string of the molecule is BrC1CCOCC1Cc1cccc2ccccc12. The molecule has 0 aromatic heterocycles. The third kappa shape index (κ3) is 2.45. The molecule has 1 saturated heterocycles. The zero-order valence-corrected chi connectivity index (χ0v) is 11.9. The van der Waals surface area contributed by atoms with E-state index in [1.165, 1.54) is 16.3 Å². The van der Waals surface area contributed by atoms with E-state index in [1.54, 1.807) is 0 Å². The lowest BCUT2D eigenvalue weighted by molar-refractivity contribution is 0.0607. The molecule has 18 heavy (non-hydrogen) atoms. The molecule has 2 unspecified atom stereocenters. The lowest BCUT2D eigenvalue weighted by Crippen LogP contribution is -2.29. The summed E-state index contributed by atoms with van der Waals surface area (Å²) in [6.45, 7) is 1.76. The number of hydrogen-bond acceptors (Lipinski definition) is 1. The highest BCUT2D eigenvalue weighted by atomic mass is 79.9. The number of hydrogen-bond donors (Lipinski definition) is 0. The molecule has 0 bridgehead atoms. The molecular formula is C16H17BrO. The Morgan fingerprint density at radius 3 is 2.83 bits per heavy atom. The lowest BCUT2D eigenvalue weighted by Gasteiger charge is -2.27. The van der Waals surface area contributed by atoms with Gasteiger partial charge >= 0.3 is 0 Å². The maximum atomic E-state index is 5.61. The van der Waals surface area contributed by atoms with Gasteiger partial charge < -0.3 is 4.74 Å². The fourth-order valence-corrected chi connectivity index (χ4v) is 3.24. The van der Waals surface area contributed by atoms with Crippen LogP contribution in [0.1, 0.15) is 12.0 Å². The van der Waals surface area contributed by atoms with Gasteiger partial charge in [0, 0.05) is 11.4 Å². The predicted octanol–water partition coefficient (Wildman–Crippen LogP) is 4.18. The highest BCUT2D eigenvalue weighted by Crippen LogP contribution is 2.28. The summed E-state index contributed by atoms with van der Waals surface area (Å²) in [6, 6.07) is 15.2. The standard InChI is InChI=1S/C16H17BrO/c17-16-8-9-18-11-14(16)10-13-6-3-5-12-4-1-2-7-15(12)13/h1-7,14,16H,8-11H2. The topological polar surface area (TPSA) is 9.23 Å². The van der Waals surface area contributed by atoms with Gasteiger partial charge in [0.25, 0.3) is 0 Å². The summed E-state index contributed by atoms with van der Waals surface area (Å²) in [5, 5.41) is 2.71. The first-order valence-corrected chi connectivity index (χ1v) is 7.44. The Morgan fingerprint density at radius 2 is 1.94 bits per heavy atom. The second-order valence-electron chi connectivity index (χ2n) is 4.98. The summed E-state index contributed by atoms with van der Waals surface area (Å²) < 4.78 is 5.61. The van der Waals surface area contributed by atoms with Crippen molar-refractivity contribution in [2.45, 2.75) is 17.7 Å². The Hall–Kier alpha value is -0.860. The van der Waals surface area contributed by atoms with E-state index >= 15 is 0 Å². The summed E-state index contributed by atoms with van der Waals surface area (Å²) in [4.78, 5) is 0.588. The second kappa shape index (κ2) is 5.41. The van der Waals surface area contributed by atoms with Crippen LogP contribution in [-0.2, 0) is 11.2 Å². The van der Waals surface area contributed by atoms with Crippen LogP contribution in [0.3, 0.4) is 0 Å². The van der Waals surface area contributed by atoms with Gasteiger partial charge in [-0.2, -0.15) is 0 Å². The molecule has 94 valence electrons. The smallest absolute Gasteiger partial charge is 0.0508 e. The molecule has 2 atom stereocenters. The van der Waals surface area contributed by atoms with Gasteiger partial charge in [0.1, 0.15) is 0 Å². The molecule has 1 nitrogen and oxygen atoms in total. The highest BCUT2D eigenvalue weighted by molar-refractivity contribution is 9.09. The van der Waals surface area contributed by atoms with Gasteiger partial charge in [-0.25, -0.2) is 0 Å². The van der Waals surface area contributed by atoms with Crippen LogP contribution in [0.15, 0.2) is 42.5 Å². The normalized spacial score (nSPS) is 24.3. The number of benzene rings is 2. The molecule has 1 aliphatic heterocycles. The van der Waals surface area contributed by atoms with Gasteiger partial charge in [-0.3, -0.25) is 0 Å². The van der Waals surface area contributed by atoms with Gasteiger partial charge in [0.05, 0.1) is 6.61 Å². The summed E-state index contributed by atoms with van der Waals surface area (Å²) in [6.07, 6.45) is 2.21. The first-order valence-electron chi connectivity index (χ1n) is 6.53. The van der Waals surface area contributed by atoms with Gasteiger partial charge in [-0.15, -0.1) is 0 Å². The minimum Gasteiger partial charge on any atom is -0.381 e. The van der Waals surface area contributed by atoms with Crippen LogP contribution in [0.2, 0.25) is 0 Å². The van der Waals surface area contributed by atoms with Crippen LogP contribution in [0.5, 0.6) is 0 Å². The van der Waals surface area contributed by atoms with Crippen molar-refractivity contribution in [3.8, 4) is 0 Å². The summed E-state index contributed by atoms with van der Waals surface area (Å²) >= 11 is 3.80. The average molecular weight is 305 g/mol. The van der Waals surface area contributed by atoms with Crippen molar-refractivity contribution in [3.63, 3.8) is 0 Å². The molecule has 1 aliphatic rings. The Labute approximate surface area is 116 Å². The highest BCUT2D eigenvalue weighted by Gasteiger charge is 2.23. The number of rotatable bonds is 2. The predicted molar refractivity (Wildman–Crippen MR) is 79.3 cm³/mol. The van der Waals surface area contributed by atoms with Crippen molar-refractivity contribution in [2.75, 3.05) is 13.2 Å². The number of ether oxygens (including phenoxy) is 1. The van der Waals surface area contributed by atoms with Crippen molar-refractivity contribution >= 4 is 26.7 Å². The van der Waals surface area contributed by atoms with Crippen LogP contribution in [-0.4, -0.2) is 18.0 Å². The summed E-state index contributed by atoms with van der Waals surface area (Å²) in [5.74, 6) is 0.588. The number of halogens is 1. The van der Waals surface area contributed by atoms with E-state index in [9.17, 15) is 0 Å². The molecule has 2 heteroatoms. The largest absolute Gasteiger partial charge is 0.381 e. The van der Waals surface area contributed by atoms with Crippen LogP contribution < -0.4 is 0 Å². The molecule has 2 aromatic carbocycles. The molecule has 1 heterocycles. The molecule has 0 amide bonds. The summed E-state index contributed by atoms with van der Waals surface area (Å²) in [5.41, 5.74) is 1.44. The number of fused-ring (bicyclic) bond motifs is 1. The Morgan fingerprint density at radius 1 is 1.11 bits per heavy atom. The van der Waals surface area contributed by atoms with Crippen molar-refractivity contribution in [2.24, 2.45) is 5.92 Å². The Balaban J connectivity index is 1.90. The molecular weight excluding hydrogens is 288 g/mol. The first-order chi connectivity index (χ1) is 8.84. The zero-order valence-electron chi connectivity index (χ0n) is 10.3. The van der Waals surface area contributed by atoms with Crippen LogP contribution in [0, 0.1) is 5.92 Å². The Kier molecular flexibility index (Phi) is 3.67. The lowest BCUT2D eigenvalue weighted by atomic mass is 9.91. The van der Waals surface area contributed by atoms with Crippen LogP contribution in [0.4, 0.5) is 0 Å². The van der Waals surface area contributed by atoms with E-state index in [4.69, 9.17) is 4.74 Å². The second-order valence-corrected chi connectivity index (χ2v) is 6.16. The van der Waals surface area contributed by atoms with E-state index in [-0.39, 0.29) is 0 Å². The molecule has 1 fully saturated rings. The minimum atomic E-state index is 0.588. The van der Waals surface area contributed by atoms with E-state index in [1.807, 2.05) is 0 Å².